The van der Waals surface area contributed by atoms with Gasteiger partial charge >= 0.3 is 0 Å². The van der Waals surface area contributed by atoms with Gasteiger partial charge in [0, 0.05) is 30.4 Å². The lowest BCUT2D eigenvalue weighted by molar-refractivity contribution is 0.325. The Morgan fingerprint density at radius 3 is 2.82 bits per heavy atom. The van der Waals surface area contributed by atoms with Gasteiger partial charge in [0.1, 0.15) is 0 Å². The fraction of sp³-hybridized carbons (Fsp3) is 0.769. The van der Waals surface area contributed by atoms with Gasteiger partial charge in [-0.05, 0) is 47.0 Å². The third-order valence-corrected chi connectivity index (χ3v) is 3.56. The van der Waals surface area contributed by atoms with Crippen LogP contribution in [0.3, 0.4) is 0 Å². The summed E-state index contributed by atoms with van der Waals surface area (Å²) < 4.78 is 2.36. The number of piperidine rings is 1. The molecule has 0 saturated carbocycles. The molecular formula is C13H24N4. The fourth-order valence-electron chi connectivity index (χ4n) is 2.73. The van der Waals surface area contributed by atoms with Crippen LogP contribution in [0.5, 0.6) is 0 Å². The lowest BCUT2D eigenvalue weighted by Gasteiger charge is -2.27. The van der Waals surface area contributed by atoms with Crippen molar-refractivity contribution in [1.29, 1.82) is 0 Å². The highest BCUT2D eigenvalue weighted by Gasteiger charge is 2.20. The summed E-state index contributed by atoms with van der Waals surface area (Å²) >= 11 is 0. The van der Waals surface area contributed by atoms with E-state index in [2.05, 4.69) is 47.0 Å². The maximum Gasteiger partial charge on any atom is 0.0951 e. The van der Waals surface area contributed by atoms with Gasteiger partial charge in [-0.15, -0.1) is 0 Å². The van der Waals surface area contributed by atoms with Crippen LogP contribution in [0.15, 0.2) is 12.5 Å². The van der Waals surface area contributed by atoms with Gasteiger partial charge in [-0.2, -0.15) is 0 Å². The maximum atomic E-state index is 4.35. The van der Waals surface area contributed by atoms with Crippen LogP contribution in [0.4, 0.5) is 0 Å². The molecule has 1 fully saturated rings. The van der Waals surface area contributed by atoms with Gasteiger partial charge in [0.05, 0.1) is 6.33 Å². The number of hydrogen-bond acceptors (Lipinski definition) is 3. The fourth-order valence-corrected chi connectivity index (χ4v) is 2.73. The lowest BCUT2D eigenvalue weighted by atomic mass is 9.94. The number of hydrogen-bond donors (Lipinski definition) is 1. The molecule has 0 amide bonds. The number of aromatic nitrogens is 2. The summed E-state index contributed by atoms with van der Waals surface area (Å²) in [4.78, 5) is 6.58. The zero-order chi connectivity index (χ0) is 12.3. The van der Waals surface area contributed by atoms with Gasteiger partial charge < -0.3 is 14.8 Å². The van der Waals surface area contributed by atoms with Crippen molar-refractivity contribution in [3.05, 3.63) is 18.2 Å². The summed E-state index contributed by atoms with van der Waals surface area (Å²) in [6.07, 6.45) is 6.52. The molecule has 2 heterocycles. The van der Waals surface area contributed by atoms with Crippen molar-refractivity contribution in [2.75, 3.05) is 33.7 Å². The predicted molar refractivity (Wildman–Crippen MR) is 70.3 cm³/mol. The zero-order valence-corrected chi connectivity index (χ0v) is 11.2. The van der Waals surface area contributed by atoms with E-state index in [4.69, 9.17) is 0 Å². The van der Waals surface area contributed by atoms with E-state index in [9.17, 15) is 0 Å². The Labute approximate surface area is 104 Å². The van der Waals surface area contributed by atoms with Gasteiger partial charge in [0.2, 0.25) is 0 Å². The highest BCUT2D eigenvalue weighted by molar-refractivity contribution is 5.09. The molecule has 17 heavy (non-hydrogen) atoms. The van der Waals surface area contributed by atoms with E-state index in [0.717, 1.165) is 19.6 Å². The summed E-state index contributed by atoms with van der Waals surface area (Å²) in [6.45, 7) is 5.61. The predicted octanol–water partition coefficient (Wildman–Crippen LogP) is 1.47. The second-order valence-corrected chi connectivity index (χ2v) is 5.36. The van der Waals surface area contributed by atoms with Crippen LogP contribution in [-0.2, 0) is 0 Å². The number of nitrogens with zero attached hydrogens (tertiary/aromatic N) is 3. The summed E-state index contributed by atoms with van der Waals surface area (Å²) in [5.74, 6) is 0.684. The van der Waals surface area contributed by atoms with Crippen molar-refractivity contribution in [2.24, 2.45) is 0 Å². The molecule has 0 bridgehead atoms. The highest BCUT2D eigenvalue weighted by atomic mass is 15.1. The first kappa shape index (κ1) is 12.6. The van der Waals surface area contributed by atoms with E-state index in [0.29, 0.717) is 12.0 Å². The molecule has 0 radical (unpaired) electrons. The molecule has 96 valence electrons. The largest absolute Gasteiger partial charge is 0.330 e. The first-order valence-corrected chi connectivity index (χ1v) is 6.55. The highest BCUT2D eigenvalue weighted by Crippen LogP contribution is 2.26. The minimum absolute atomic E-state index is 0.498. The van der Waals surface area contributed by atoms with Gasteiger partial charge in [-0.1, -0.05) is 0 Å². The van der Waals surface area contributed by atoms with Crippen molar-refractivity contribution in [2.45, 2.75) is 31.7 Å². The number of nitrogens with one attached hydrogen (secondary N) is 1. The van der Waals surface area contributed by atoms with Crippen molar-refractivity contribution in [3.63, 3.8) is 0 Å². The first-order valence-electron chi connectivity index (χ1n) is 6.55. The quantitative estimate of drug-likeness (QED) is 0.859. The topological polar surface area (TPSA) is 33.1 Å². The molecule has 1 aromatic heterocycles. The van der Waals surface area contributed by atoms with Gasteiger partial charge in [0.25, 0.3) is 0 Å². The molecule has 0 spiro atoms. The Hall–Kier alpha value is -0.870. The minimum Gasteiger partial charge on any atom is -0.330 e. The number of rotatable bonds is 4. The third kappa shape index (κ3) is 3.07. The molecule has 2 rings (SSSR count). The van der Waals surface area contributed by atoms with Gasteiger partial charge in [-0.25, -0.2) is 4.98 Å². The Kier molecular flexibility index (Phi) is 4.18. The Balaban J connectivity index is 2.09. The van der Waals surface area contributed by atoms with E-state index in [-0.39, 0.29) is 0 Å². The van der Waals surface area contributed by atoms with Crippen LogP contribution in [0.1, 0.15) is 37.4 Å². The van der Waals surface area contributed by atoms with Crippen LogP contribution >= 0.6 is 0 Å². The van der Waals surface area contributed by atoms with E-state index >= 15 is 0 Å². The molecular weight excluding hydrogens is 212 g/mol. The molecule has 1 unspecified atom stereocenters. The van der Waals surface area contributed by atoms with Gasteiger partial charge in [-0.3, -0.25) is 0 Å². The second-order valence-electron chi connectivity index (χ2n) is 5.36. The van der Waals surface area contributed by atoms with E-state index < -0.39 is 0 Å². The molecule has 1 saturated heterocycles. The summed E-state index contributed by atoms with van der Waals surface area (Å²) in [7, 11) is 4.25. The Morgan fingerprint density at radius 1 is 1.47 bits per heavy atom. The molecule has 1 aliphatic rings. The third-order valence-electron chi connectivity index (χ3n) is 3.56. The van der Waals surface area contributed by atoms with Crippen LogP contribution < -0.4 is 5.32 Å². The van der Waals surface area contributed by atoms with E-state index in [1.807, 2.05) is 6.33 Å². The molecule has 0 aliphatic carbocycles. The van der Waals surface area contributed by atoms with Crippen molar-refractivity contribution in [1.82, 2.24) is 19.8 Å². The monoisotopic (exact) mass is 236 g/mol. The minimum atomic E-state index is 0.498. The average molecular weight is 236 g/mol. The van der Waals surface area contributed by atoms with Crippen LogP contribution in [0, 0.1) is 0 Å². The first-order chi connectivity index (χ1) is 8.18. The zero-order valence-electron chi connectivity index (χ0n) is 11.2. The molecule has 1 aliphatic heterocycles. The van der Waals surface area contributed by atoms with Gasteiger partial charge in [0.15, 0.2) is 0 Å². The second kappa shape index (κ2) is 5.65. The summed E-state index contributed by atoms with van der Waals surface area (Å²) in [5.41, 5.74) is 1.42. The molecule has 1 aromatic rings. The van der Waals surface area contributed by atoms with Crippen molar-refractivity contribution >= 4 is 0 Å². The standard InChI is InChI=1S/C13H24N4/c1-11(9-16(2)3)17-10-15-8-13(17)12-4-6-14-7-5-12/h8,10-12,14H,4-7,9H2,1-3H3. The number of imidazole rings is 1. The number of likely N-dealkylation sites (N-methyl/N-ethyl adjacent to an activating group) is 1. The van der Waals surface area contributed by atoms with E-state index in [1.165, 1.54) is 18.5 Å². The normalized spacial score (nSPS) is 19.8. The molecule has 4 nitrogen and oxygen atoms in total. The Morgan fingerprint density at radius 2 is 2.18 bits per heavy atom. The molecule has 1 N–H and O–H groups in total. The molecule has 1 atom stereocenters. The SMILES string of the molecule is CC(CN(C)C)n1cncc1C1CCNCC1. The Bertz CT molecular complexity index is 339. The smallest absolute Gasteiger partial charge is 0.0951 e. The van der Waals surface area contributed by atoms with Crippen LogP contribution in [-0.4, -0.2) is 48.2 Å². The van der Waals surface area contributed by atoms with E-state index in [1.54, 1.807) is 0 Å². The maximum absolute atomic E-state index is 4.35. The summed E-state index contributed by atoms with van der Waals surface area (Å²) in [5, 5.41) is 3.42. The van der Waals surface area contributed by atoms with Crippen molar-refractivity contribution < 1.29 is 0 Å². The summed E-state index contributed by atoms with van der Waals surface area (Å²) in [6, 6.07) is 0.498. The van der Waals surface area contributed by atoms with Crippen molar-refractivity contribution in [3.8, 4) is 0 Å². The average Bonchev–Trinajstić information content (AvgIpc) is 2.78. The lowest BCUT2D eigenvalue weighted by Crippen LogP contribution is -2.29. The van der Waals surface area contributed by atoms with Crippen LogP contribution in [0.25, 0.3) is 0 Å². The molecule has 0 aromatic carbocycles. The van der Waals surface area contributed by atoms with Crippen LogP contribution in [0.2, 0.25) is 0 Å². The molecule has 4 heteroatoms.